The third kappa shape index (κ3) is 4.77. The zero-order chi connectivity index (χ0) is 15.8. The van der Waals surface area contributed by atoms with Crippen LogP contribution >= 0.6 is 0 Å². The van der Waals surface area contributed by atoms with E-state index in [1.807, 2.05) is 25.1 Å². The van der Waals surface area contributed by atoms with Crippen molar-refractivity contribution in [2.75, 3.05) is 31.5 Å². The number of pyridine rings is 1. The molecule has 0 saturated carbocycles. The number of anilines is 1. The molecule has 0 atom stereocenters. The molecular weight excluding hydrogens is 274 g/mol. The number of hydrogen-bond acceptors (Lipinski definition) is 5. The van der Waals surface area contributed by atoms with Crippen LogP contribution in [0.5, 0.6) is 0 Å². The fourth-order valence-electron chi connectivity index (χ4n) is 2.34. The predicted molar refractivity (Wildman–Crippen MR) is 90.9 cm³/mol. The summed E-state index contributed by atoms with van der Waals surface area (Å²) in [6.07, 6.45) is 4.65. The Bertz CT molecular complexity index is 567. The van der Waals surface area contributed by atoms with Gasteiger partial charge in [0.25, 0.3) is 0 Å². The van der Waals surface area contributed by atoms with Gasteiger partial charge in [-0.25, -0.2) is 9.97 Å². The highest BCUT2D eigenvalue weighted by atomic mass is 15.1. The molecule has 0 aliphatic rings. The molecule has 0 amide bonds. The first-order chi connectivity index (χ1) is 10.7. The van der Waals surface area contributed by atoms with Crippen LogP contribution in [0.15, 0.2) is 30.6 Å². The van der Waals surface area contributed by atoms with Gasteiger partial charge in [-0.05, 0) is 45.1 Å². The SMILES string of the molecule is CCN(CC)CCCNc1cc(C)nc(-c2cccnc2)n1. The van der Waals surface area contributed by atoms with Crippen LogP contribution < -0.4 is 5.32 Å². The summed E-state index contributed by atoms with van der Waals surface area (Å²) in [5.74, 6) is 1.60. The molecule has 0 spiro atoms. The normalized spacial score (nSPS) is 10.9. The molecule has 0 fully saturated rings. The van der Waals surface area contributed by atoms with Gasteiger partial charge in [-0.3, -0.25) is 4.98 Å². The van der Waals surface area contributed by atoms with E-state index in [0.717, 1.165) is 55.5 Å². The molecule has 0 saturated heterocycles. The van der Waals surface area contributed by atoms with Crippen LogP contribution in [0.4, 0.5) is 5.82 Å². The average Bonchev–Trinajstić information content (AvgIpc) is 2.55. The maximum atomic E-state index is 4.58. The first kappa shape index (κ1) is 16.4. The lowest BCUT2D eigenvalue weighted by atomic mass is 10.2. The third-order valence-corrected chi connectivity index (χ3v) is 3.63. The zero-order valence-corrected chi connectivity index (χ0v) is 13.7. The van der Waals surface area contributed by atoms with Gasteiger partial charge in [0.05, 0.1) is 0 Å². The first-order valence-corrected chi connectivity index (χ1v) is 7.95. The summed E-state index contributed by atoms with van der Waals surface area (Å²) in [6, 6.07) is 5.86. The molecule has 2 rings (SSSR count). The Kier molecular flexibility index (Phi) is 6.27. The summed E-state index contributed by atoms with van der Waals surface area (Å²) in [7, 11) is 0. The van der Waals surface area contributed by atoms with Crippen molar-refractivity contribution >= 4 is 5.82 Å². The highest BCUT2D eigenvalue weighted by molar-refractivity contribution is 5.56. The van der Waals surface area contributed by atoms with E-state index < -0.39 is 0 Å². The summed E-state index contributed by atoms with van der Waals surface area (Å²) < 4.78 is 0. The molecule has 0 unspecified atom stereocenters. The van der Waals surface area contributed by atoms with Crippen LogP contribution in [0.3, 0.4) is 0 Å². The summed E-state index contributed by atoms with van der Waals surface area (Å²) in [6.45, 7) is 10.6. The van der Waals surface area contributed by atoms with Crippen molar-refractivity contribution in [1.82, 2.24) is 19.9 Å². The Morgan fingerprint density at radius 1 is 1.18 bits per heavy atom. The molecule has 0 aliphatic carbocycles. The molecule has 0 bridgehead atoms. The van der Waals surface area contributed by atoms with Crippen molar-refractivity contribution < 1.29 is 0 Å². The van der Waals surface area contributed by atoms with Gasteiger partial charge < -0.3 is 10.2 Å². The fourth-order valence-corrected chi connectivity index (χ4v) is 2.34. The average molecular weight is 299 g/mol. The molecule has 22 heavy (non-hydrogen) atoms. The molecule has 0 radical (unpaired) electrons. The topological polar surface area (TPSA) is 53.9 Å². The van der Waals surface area contributed by atoms with Crippen LogP contribution in [0, 0.1) is 6.92 Å². The summed E-state index contributed by atoms with van der Waals surface area (Å²) >= 11 is 0. The Labute approximate surface area is 132 Å². The zero-order valence-electron chi connectivity index (χ0n) is 13.7. The number of hydrogen-bond donors (Lipinski definition) is 1. The molecule has 2 aromatic heterocycles. The van der Waals surface area contributed by atoms with Crippen molar-refractivity contribution in [3.05, 3.63) is 36.3 Å². The van der Waals surface area contributed by atoms with Crippen molar-refractivity contribution in [2.45, 2.75) is 27.2 Å². The van der Waals surface area contributed by atoms with Gasteiger partial charge >= 0.3 is 0 Å². The number of aryl methyl sites for hydroxylation is 1. The van der Waals surface area contributed by atoms with Crippen molar-refractivity contribution in [3.8, 4) is 11.4 Å². The number of nitrogens with one attached hydrogen (secondary N) is 1. The fraction of sp³-hybridized carbons (Fsp3) is 0.471. The predicted octanol–water partition coefficient (Wildman–Crippen LogP) is 2.99. The molecule has 0 aliphatic heterocycles. The second-order valence-corrected chi connectivity index (χ2v) is 5.27. The maximum absolute atomic E-state index is 4.58. The minimum Gasteiger partial charge on any atom is -0.370 e. The van der Waals surface area contributed by atoms with Crippen LogP contribution in [-0.2, 0) is 0 Å². The Hall–Kier alpha value is -2.01. The van der Waals surface area contributed by atoms with E-state index in [1.54, 1.807) is 12.4 Å². The molecule has 5 heteroatoms. The Balaban J connectivity index is 1.96. The highest BCUT2D eigenvalue weighted by Crippen LogP contribution is 2.16. The second kappa shape index (κ2) is 8.44. The number of nitrogens with zero attached hydrogens (tertiary/aromatic N) is 4. The molecular formula is C17H25N5. The quantitative estimate of drug-likeness (QED) is 0.759. The molecule has 0 aromatic carbocycles. The van der Waals surface area contributed by atoms with Crippen molar-refractivity contribution in [1.29, 1.82) is 0 Å². The van der Waals surface area contributed by atoms with Gasteiger partial charge in [0.2, 0.25) is 0 Å². The lowest BCUT2D eigenvalue weighted by molar-refractivity contribution is 0.303. The van der Waals surface area contributed by atoms with Gasteiger partial charge in [0.1, 0.15) is 5.82 Å². The molecule has 2 aromatic rings. The van der Waals surface area contributed by atoms with E-state index in [9.17, 15) is 0 Å². The van der Waals surface area contributed by atoms with E-state index in [2.05, 4.69) is 39.0 Å². The van der Waals surface area contributed by atoms with E-state index in [4.69, 9.17) is 0 Å². The van der Waals surface area contributed by atoms with E-state index in [-0.39, 0.29) is 0 Å². The minimum atomic E-state index is 0.722. The van der Waals surface area contributed by atoms with Gasteiger partial charge in [-0.1, -0.05) is 13.8 Å². The van der Waals surface area contributed by atoms with E-state index in [1.165, 1.54) is 0 Å². The standard InChI is InChI=1S/C17H25N5/c1-4-22(5-2)11-7-10-19-16-12-14(3)20-17(21-16)15-8-6-9-18-13-15/h6,8-9,12-13H,4-5,7,10-11H2,1-3H3,(H,19,20,21). The monoisotopic (exact) mass is 299 g/mol. The van der Waals surface area contributed by atoms with Crippen LogP contribution in [0.25, 0.3) is 11.4 Å². The van der Waals surface area contributed by atoms with Gasteiger partial charge in [0.15, 0.2) is 5.82 Å². The van der Waals surface area contributed by atoms with Crippen LogP contribution in [0.1, 0.15) is 26.0 Å². The van der Waals surface area contributed by atoms with Gasteiger partial charge in [-0.15, -0.1) is 0 Å². The maximum Gasteiger partial charge on any atom is 0.163 e. The van der Waals surface area contributed by atoms with Crippen molar-refractivity contribution in [3.63, 3.8) is 0 Å². The summed E-state index contributed by atoms with van der Waals surface area (Å²) in [5.41, 5.74) is 1.90. The Morgan fingerprint density at radius 3 is 2.68 bits per heavy atom. The highest BCUT2D eigenvalue weighted by Gasteiger charge is 2.05. The lowest BCUT2D eigenvalue weighted by Gasteiger charge is -2.17. The third-order valence-electron chi connectivity index (χ3n) is 3.63. The molecule has 118 valence electrons. The van der Waals surface area contributed by atoms with Crippen LogP contribution in [0.2, 0.25) is 0 Å². The van der Waals surface area contributed by atoms with Crippen molar-refractivity contribution in [2.24, 2.45) is 0 Å². The number of aromatic nitrogens is 3. The minimum absolute atomic E-state index is 0.722. The largest absolute Gasteiger partial charge is 0.370 e. The lowest BCUT2D eigenvalue weighted by Crippen LogP contribution is -2.25. The second-order valence-electron chi connectivity index (χ2n) is 5.27. The first-order valence-electron chi connectivity index (χ1n) is 7.95. The number of rotatable bonds is 8. The summed E-state index contributed by atoms with van der Waals surface area (Å²) in [5, 5.41) is 3.40. The van der Waals surface area contributed by atoms with E-state index >= 15 is 0 Å². The summed E-state index contributed by atoms with van der Waals surface area (Å²) in [4.78, 5) is 15.6. The molecule has 2 heterocycles. The molecule has 5 nitrogen and oxygen atoms in total. The van der Waals surface area contributed by atoms with E-state index in [0.29, 0.717) is 0 Å². The Morgan fingerprint density at radius 2 is 2.00 bits per heavy atom. The molecule has 1 N–H and O–H groups in total. The van der Waals surface area contributed by atoms with Gasteiger partial charge in [0, 0.05) is 36.3 Å². The van der Waals surface area contributed by atoms with Crippen LogP contribution in [-0.4, -0.2) is 46.0 Å². The smallest absolute Gasteiger partial charge is 0.163 e. The van der Waals surface area contributed by atoms with Gasteiger partial charge in [-0.2, -0.15) is 0 Å².